The highest BCUT2D eigenvalue weighted by Gasteiger charge is 2.27. The minimum Gasteiger partial charge on any atom is -0.504 e. The van der Waals surface area contributed by atoms with Gasteiger partial charge in [0, 0.05) is 31.3 Å². The van der Waals surface area contributed by atoms with Crippen molar-refractivity contribution in [2.75, 3.05) is 24.0 Å². The molecule has 8 N–H and O–H groups in total. The summed E-state index contributed by atoms with van der Waals surface area (Å²) in [5.41, 5.74) is 14.2. The van der Waals surface area contributed by atoms with Crippen LogP contribution in [0.15, 0.2) is 125 Å². The first-order valence-corrected chi connectivity index (χ1v) is 20.2. The van der Waals surface area contributed by atoms with Gasteiger partial charge in [0.1, 0.15) is 9.79 Å². The molecule has 0 saturated carbocycles. The van der Waals surface area contributed by atoms with Crippen LogP contribution in [0.25, 0.3) is 32.7 Å². The zero-order chi connectivity index (χ0) is 37.5. The molecule has 6 aromatic rings. The lowest BCUT2D eigenvalue weighted by molar-refractivity contribution is 0.444. The molecule has 0 amide bonds. The minimum absolute atomic E-state index is 0.0224. The summed E-state index contributed by atoms with van der Waals surface area (Å²) in [6.07, 6.45) is 3.66. The molecule has 0 aliphatic heterocycles. The maximum Gasteiger partial charge on any atom is 0.298 e. The molecular weight excluding hydrogens is 749 g/mol. The van der Waals surface area contributed by atoms with E-state index in [2.05, 4.69) is 20.5 Å². The second-order valence-corrected chi connectivity index (χ2v) is 15.5. The second kappa shape index (κ2) is 14.1. The van der Waals surface area contributed by atoms with Crippen molar-refractivity contribution in [3.05, 3.63) is 84.9 Å². The van der Waals surface area contributed by atoms with Crippen LogP contribution in [-0.4, -0.2) is 48.7 Å². The van der Waals surface area contributed by atoms with Gasteiger partial charge in [-0.05, 0) is 47.9 Å². The summed E-state index contributed by atoms with van der Waals surface area (Å²) in [4.78, 5) is -0.0813. The van der Waals surface area contributed by atoms with E-state index in [9.17, 15) is 36.2 Å². The average molecular weight is 777 g/mol. The van der Waals surface area contributed by atoms with Gasteiger partial charge in [-0.25, -0.2) is 0 Å². The van der Waals surface area contributed by atoms with Crippen molar-refractivity contribution in [3.63, 3.8) is 0 Å². The number of rotatable bonds is 9. The summed E-state index contributed by atoms with van der Waals surface area (Å²) >= 11 is 2.73. The molecule has 266 valence electrons. The molecule has 52 heavy (non-hydrogen) atoms. The number of nitrogens with zero attached hydrogens (tertiary/aromatic N) is 4. The van der Waals surface area contributed by atoms with Gasteiger partial charge in [-0.15, -0.1) is 44.0 Å². The number of hydrogen-bond acceptors (Lipinski definition) is 14. The number of fused-ring (bicyclic) bond motifs is 2. The van der Waals surface area contributed by atoms with Crippen LogP contribution < -0.4 is 11.5 Å². The van der Waals surface area contributed by atoms with Gasteiger partial charge in [-0.2, -0.15) is 16.8 Å². The van der Waals surface area contributed by atoms with Gasteiger partial charge in [-0.3, -0.25) is 9.11 Å². The molecule has 6 aromatic carbocycles. The number of phenolic OH excluding ortho intramolecular Hbond substituents is 2. The number of azo groups is 2. The quantitative estimate of drug-likeness (QED) is 0.0348. The minimum atomic E-state index is -4.85. The summed E-state index contributed by atoms with van der Waals surface area (Å²) in [5, 5.41) is 39.0. The number of phenols is 2. The molecule has 0 saturated heterocycles. The largest absolute Gasteiger partial charge is 0.504 e. The molecule has 0 bridgehead atoms. The van der Waals surface area contributed by atoms with E-state index >= 15 is 0 Å². The zero-order valence-electron chi connectivity index (χ0n) is 27.1. The highest BCUT2D eigenvalue weighted by Crippen LogP contribution is 2.48. The van der Waals surface area contributed by atoms with E-state index in [1.165, 1.54) is 47.8 Å². The van der Waals surface area contributed by atoms with Crippen LogP contribution in [0.3, 0.4) is 0 Å². The van der Waals surface area contributed by atoms with Crippen LogP contribution in [0.1, 0.15) is 0 Å². The fourth-order valence-corrected chi connectivity index (χ4v) is 8.34. The molecule has 14 nitrogen and oxygen atoms in total. The molecule has 0 unspecified atom stereocenters. The molecule has 18 heteroatoms. The van der Waals surface area contributed by atoms with Crippen molar-refractivity contribution in [1.82, 2.24) is 0 Å². The van der Waals surface area contributed by atoms with Gasteiger partial charge in [0.05, 0.1) is 22.7 Å². The second-order valence-electron chi connectivity index (χ2n) is 11.1. The summed E-state index contributed by atoms with van der Waals surface area (Å²) < 4.78 is 68.5. The average Bonchev–Trinajstić information content (AvgIpc) is 3.10. The Morgan fingerprint density at radius 3 is 1.21 bits per heavy atom. The van der Waals surface area contributed by atoms with Gasteiger partial charge in [0.2, 0.25) is 0 Å². The Morgan fingerprint density at radius 1 is 0.538 bits per heavy atom. The van der Waals surface area contributed by atoms with Gasteiger partial charge in [0.15, 0.2) is 22.9 Å². The van der Waals surface area contributed by atoms with Crippen LogP contribution in [0, 0.1) is 0 Å². The number of hydrogen-bond donors (Lipinski definition) is 6. The smallest absolute Gasteiger partial charge is 0.298 e. The molecule has 6 rings (SSSR count). The lowest BCUT2D eigenvalue weighted by Gasteiger charge is -2.13. The zero-order valence-corrected chi connectivity index (χ0v) is 30.3. The van der Waals surface area contributed by atoms with E-state index in [1.54, 1.807) is 48.5 Å². The van der Waals surface area contributed by atoms with E-state index in [0.29, 0.717) is 21.2 Å². The van der Waals surface area contributed by atoms with Crippen molar-refractivity contribution in [2.24, 2.45) is 20.5 Å². The van der Waals surface area contributed by atoms with E-state index in [1.807, 2.05) is 24.6 Å². The molecule has 0 spiro atoms. The van der Waals surface area contributed by atoms with Crippen LogP contribution in [-0.2, 0) is 20.2 Å². The lowest BCUT2D eigenvalue weighted by Crippen LogP contribution is -2.02. The van der Waals surface area contributed by atoms with E-state index in [0.717, 1.165) is 11.1 Å². The Labute approximate surface area is 305 Å². The highest BCUT2D eigenvalue weighted by molar-refractivity contribution is 7.99. The summed E-state index contributed by atoms with van der Waals surface area (Å²) in [6, 6.07) is 22.9. The number of thioether (sulfide) groups is 2. The third kappa shape index (κ3) is 6.74. The van der Waals surface area contributed by atoms with E-state index in [-0.39, 0.29) is 44.3 Å². The Balaban J connectivity index is 1.35. The number of nitrogens with two attached hydrogens (primary N) is 2. The monoisotopic (exact) mass is 776 g/mol. The van der Waals surface area contributed by atoms with Gasteiger partial charge >= 0.3 is 0 Å². The SMILES string of the molecule is CSc1cc(-c2ccc(N=Nc3c(O)c(S(=O)(=O)O)c4ccccc4c3N)c(SC)c2)ccc1N=Nc1c(O)c(S(=O)(=O)O)c2ccccc2c1N. The van der Waals surface area contributed by atoms with E-state index < -0.39 is 41.5 Å². The maximum absolute atomic E-state index is 12.2. The summed E-state index contributed by atoms with van der Waals surface area (Å²) in [6.45, 7) is 0. The number of nitrogen functional groups attached to an aromatic ring is 2. The highest BCUT2D eigenvalue weighted by atomic mass is 32.2. The molecule has 0 atom stereocenters. The summed E-state index contributed by atoms with van der Waals surface area (Å²) in [7, 11) is -9.70. The number of anilines is 2. The first-order valence-electron chi connectivity index (χ1n) is 14.9. The molecule has 0 aliphatic rings. The van der Waals surface area contributed by atoms with Crippen LogP contribution >= 0.6 is 23.5 Å². The summed E-state index contributed by atoms with van der Waals surface area (Å²) in [5.74, 6) is -1.66. The molecule has 0 fully saturated rings. The van der Waals surface area contributed by atoms with Crippen molar-refractivity contribution in [1.29, 1.82) is 0 Å². The maximum atomic E-state index is 12.2. The number of benzene rings is 6. The lowest BCUT2D eigenvalue weighted by atomic mass is 10.0. The van der Waals surface area contributed by atoms with Crippen LogP contribution in [0.4, 0.5) is 34.1 Å². The van der Waals surface area contributed by atoms with Crippen molar-refractivity contribution >= 4 is 99.4 Å². The Morgan fingerprint density at radius 2 is 0.885 bits per heavy atom. The third-order valence-electron chi connectivity index (χ3n) is 8.04. The fourth-order valence-electron chi connectivity index (χ4n) is 5.62. The van der Waals surface area contributed by atoms with Crippen molar-refractivity contribution in [3.8, 4) is 22.6 Å². The molecule has 0 aromatic heterocycles. The first-order chi connectivity index (χ1) is 24.6. The van der Waals surface area contributed by atoms with Crippen molar-refractivity contribution < 1.29 is 36.2 Å². The van der Waals surface area contributed by atoms with Gasteiger partial charge in [0.25, 0.3) is 20.2 Å². The molecule has 0 heterocycles. The Kier molecular flexibility index (Phi) is 9.88. The molecule has 0 aliphatic carbocycles. The predicted molar refractivity (Wildman–Crippen MR) is 203 cm³/mol. The van der Waals surface area contributed by atoms with Gasteiger partial charge < -0.3 is 21.7 Å². The Hall–Kier alpha value is -5.24. The van der Waals surface area contributed by atoms with Crippen molar-refractivity contribution in [2.45, 2.75) is 19.6 Å². The van der Waals surface area contributed by atoms with Crippen LogP contribution in [0.2, 0.25) is 0 Å². The third-order valence-corrected chi connectivity index (χ3v) is 11.4. The predicted octanol–water partition coefficient (Wildman–Crippen LogP) is 9.00. The van der Waals surface area contributed by atoms with Crippen LogP contribution in [0.5, 0.6) is 11.5 Å². The molecular formula is C34H28N6O8S4. The fraction of sp³-hybridized carbons (Fsp3) is 0.0588. The Bertz CT molecular complexity index is 2540. The number of aromatic hydroxyl groups is 2. The topological polar surface area (TPSA) is 251 Å². The van der Waals surface area contributed by atoms with Gasteiger partial charge in [-0.1, -0.05) is 60.7 Å². The standard InChI is InChI=1S/C34H28N6O8S4/c1-49-25-15-17(11-13-23(25)37-39-29-27(35)19-7-3-5-9-21(19)33(31(29)41)51(43,44)45)18-12-14-24(26(16-18)50-2)38-40-30-28(36)20-8-4-6-10-22(20)34(32(30)42)52(46,47)48/h3-16,41-42H,35-36H2,1-2H3,(H,43,44,45)(H,46,47,48). The molecule has 0 radical (unpaired) electrons. The van der Waals surface area contributed by atoms with E-state index in [4.69, 9.17) is 11.5 Å². The first kappa shape index (κ1) is 36.5. The normalized spacial score (nSPS) is 12.5.